The first-order chi connectivity index (χ1) is 19.1. The average Bonchev–Trinajstić information content (AvgIpc) is 3.45. The normalized spacial score (nSPS) is 16.9. The Hall–Kier alpha value is -4.66. The minimum Gasteiger partial charge on any atom is -0.494 e. The number of ether oxygens (including phenoxy) is 2. The highest BCUT2D eigenvalue weighted by Crippen LogP contribution is 2.39. The molecule has 2 amide bonds. The number of carbonyl (C=O) groups excluding carboxylic acids is 2. The van der Waals surface area contributed by atoms with E-state index in [0.29, 0.717) is 61.8 Å². The molecule has 9 nitrogen and oxygen atoms in total. The number of nitrogens with one attached hydrogen (secondary N) is 1. The SMILES string of the molecule is CCn1nccc1C(=O)N1CCc2cc3ccc2C1c1cccc(c1)OCCCNC(=O)c1cncc(c1)O3. The quantitative estimate of drug-likeness (QED) is 0.419. The van der Waals surface area contributed by atoms with Crippen LogP contribution in [0.5, 0.6) is 17.2 Å². The summed E-state index contributed by atoms with van der Waals surface area (Å²) in [6.07, 6.45) is 6.10. The third-order valence-electron chi connectivity index (χ3n) is 7.10. The van der Waals surface area contributed by atoms with E-state index in [-0.39, 0.29) is 17.9 Å². The van der Waals surface area contributed by atoms with E-state index in [2.05, 4.69) is 15.4 Å². The van der Waals surface area contributed by atoms with Crippen LogP contribution in [-0.2, 0) is 13.0 Å². The Morgan fingerprint density at radius 2 is 2.00 bits per heavy atom. The summed E-state index contributed by atoms with van der Waals surface area (Å²) in [7, 11) is 0. The Labute approximate surface area is 226 Å². The van der Waals surface area contributed by atoms with Gasteiger partial charge in [0.05, 0.1) is 24.4 Å². The third-order valence-corrected chi connectivity index (χ3v) is 7.10. The lowest BCUT2D eigenvalue weighted by Gasteiger charge is -2.38. The summed E-state index contributed by atoms with van der Waals surface area (Å²) in [5, 5.41) is 7.22. The van der Waals surface area contributed by atoms with E-state index in [1.165, 1.54) is 6.20 Å². The molecule has 0 saturated heterocycles. The van der Waals surface area contributed by atoms with Gasteiger partial charge in [-0.1, -0.05) is 18.2 Å². The van der Waals surface area contributed by atoms with Gasteiger partial charge in [0.1, 0.15) is 22.9 Å². The van der Waals surface area contributed by atoms with Gasteiger partial charge in [0, 0.05) is 32.0 Å². The standard InChI is InChI=1S/C30H29N5O4/c1-2-35-27(9-12-33-35)30(37)34-13-10-20-15-24-7-8-26(20)28(34)21-5-3-6-23(16-21)38-14-4-11-32-29(36)22-17-25(39-24)19-31-18-22/h3,5-9,12,15-19,28H,2,4,10-11,13-14H2,1H3,(H,32,36). The van der Waals surface area contributed by atoms with E-state index >= 15 is 0 Å². The van der Waals surface area contributed by atoms with Crippen LogP contribution in [0.1, 0.15) is 56.9 Å². The van der Waals surface area contributed by atoms with Crippen LogP contribution in [0.3, 0.4) is 0 Å². The maximum absolute atomic E-state index is 13.9. The molecular formula is C30H29N5O4. The summed E-state index contributed by atoms with van der Waals surface area (Å²) >= 11 is 0. The number of carbonyl (C=O) groups is 2. The maximum Gasteiger partial charge on any atom is 0.272 e. The van der Waals surface area contributed by atoms with Gasteiger partial charge in [0.25, 0.3) is 11.8 Å². The molecular weight excluding hydrogens is 494 g/mol. The van der Waals surface area contributed by atoms with E-state index in [4.69, 9.17) is 9.47 Å². The van der Waals surface area contributed by atoms with Crippen molar-refractivity contribution in [2.75, 3.05) is 19.7 Å². The summed E-state index contributed by atoms with van der Waals surface area (Å²) < 4.78 is 13.9. The molecule has 0 aliphatic carbocycles. The van der Waals surface area contributed by atoms with Crippen LogP contribution in [0.25, 0.3) is 0 Å². The van der Waals surface area contributed by atoms with E-state index in [1.54, 1.807) is 29.2 Å². The monoisotopic (exact) mass is 523 g/mol. The minimum absolute atomic E-state index is 0.0579. The van der Waals surface area contributed by atoms with Gasteiger partial charge in [-0.25, -0.2) is 0 Å². The van der Waals surface area contributed by atoms with E-state index in [0.717, 1.165) is 22.4 Å². The smallest absolute Gasteiger partial charge is 0.272 e. The van der Waals surface area contributed by atoms with Gasteiger partial charge in [-0.3, -0.25) is 19.3 Å². The van der Waals surface area contributed by atoms with Crippen molar-refractivity contribution in [3.8, 4) is 17.2 Å². The second kappa shape index (κ2) is 10.6. The molecule has 4 aromatic rings. The van der Waals surface area contributed by atoms with Crippen LogP contribution in [-0.4, -0.2) is 51.2 Å². The fourth-order valence-corrected chi connectivity index (χ4v) is 5.23. The molecule has 5 heterocycles. The van der Waals surface area contributed by atoms with Crippen LogP contribution in [0, 0.1) is 0 Å². The number of aromatic nitrogens is 3. The number of aryl methyl sites for hydroxylation is 1. The van der Waals surface area contributed by atoms with Crippen molar-refractivity contribution in [3.05, 3.63) is 101 Å². The first-order valence-corrected chi connectivity index (χ1v) is 13.2. The Morgan fingerprint density at radius 3 is 2.90 bits per heavy atom. The second-order valence-corrected chi connectivity index (χ2v) is 9.59. The molecule has 1 atom stereocenters. The molecule has 39 heavy (non-hydrogen) atoms. The number of nitrogens with zero attached hydrogens (tertiary/aromatic N) is 4. The van der Waals surface area contributed by atoms with Gasteiger partial charge < -0.3 is 19.7 Å². The van der Waals surface area contributed by atoms with Crippen LogP contribution in [0.15, 0.2) is 73.2 Å². The number of benzene rings is 2. The van der Waals surface area contributed by atoms with Gasteiger partial charge in [-0.2, -0.15) is 5.10 Å². The zero-order chi connectivity index (χ0) is 26.8. The molecule has 198 valence electrons. The Bertz CT molecular complexity index is 1530. The predicted molar refractivity (Wildman–Crippen MR) is 144 cm³/mol. The summed E-state index contributed by atoms with van der Waals surface area (Å²) in [6, 6.07) is 17.0. The van der Waals surface area contributed by atoms with Crippen molar-refractivity contribution >= 4 is 11.8 Å². The van der Waals surface area contributed by atoms with E-state index < -0.39 is 0 Å². The maximum atomic E-state index is 13.9. The lowest BCUT2D eigenvalue weighted by molar-refractivity contribution is 0.0681. The van der Waals surface area contributed by atoms with E-state index in [1.807, 2.05) is 54.3 Å². The highest BCUT2D eigenvalue weighted by atomic mass is 16.5. The lowest BCUT2D eigenvalue weighted by atomic mass is 9.87. The Kier molecular flexibility index (Phi) is 6.71. The number of hydrogen-bond donors (Lipinski definition) is 1. The van der Waals surface area contributed by atoms with Crippen molar-refractivity contribution in [3.63, 3.8) is 0 Å². The molecule has 2 aromatic heterocycles. The summed E-state index contributed by atoms with van der Waals surface area (Å²) in [6.45, 7) is 4.03. The second-order valence-electron chi connectivity index (χ2n) is 9.59. The Morgan fingerprint density at radius 1 is 1.08 bits per heavy atom. The van der Waals surface area contributed by atoms with Gasteiger partial charge in [-0.05, 0) is 72.9 Å². The van der Waals surface area contributed by atoms with Crippen LogP contribution >= 0.6 is 0 Å². The lowest BCUT2D eigenvalue weighted by Crippen LogP contribution is -2.41. The van der Waals surface area contributed by atoms with Crippen LogP contribution in [0.2, 0.25) is 0 Å². The fourth-order valence-electron chi connectivity index (χ4n) is 5.23. The largest absolute Gasteiger partial charge is 0.494 e. The topological polar surface area (TPSA) is 98.6 Å². The van der Waals surface area contributed by atoms with Gasteiger partial charge in [-0.15, -0.1) is 0 Å². The molecule has 0 spiro atoms. The van der Waals surface area contributed by atoms with Crippen LogP contribution in [0.4, 0.5) is 0 Å². The average molecular weight is 524 g/mol. The van der Waals surface area contributed by atoms with Gasteiger partial charge >= 0.3 is 0 Å². The fraction of sp³-hybridized carbons (Fsp3) is 0.267. The number of fused-ring (bicyclic) bond motifs is 6. The van der Waals surface area contributed by atoms with Crippen molar-refractivity contribution < 1.29 is 19.1 Å². The summed E-state index contributed by atoms with van der Waals surface area (Å²) in [5.41, 5.74) is 4.10. The van der Waals surface area contributed by atoms with E-state index in [9.17, 15) is 9.59 Å². The molecule has 3 aliphatic heterocycles. The molecule has 3 aliphatic rings. The number of pyridine rings is 1. The van der Waals surface area contributed by atoms with Crippen molar-refractivity contribution in [2.24, 2.45) is 0 Å². The first-order valence-electron chi connectivity index (χ1n) is 13.2. The zero-order valence-electron chi connectivity index (χ0n) is 21.7. The molecule has 2 aromatic carbocycles. The number of hydrogen-bond acceptors (Lipinski definition) is 6. The third kappa shape index (κ3) is 4.95. The molecule has 1 unspecified atom stereocenters. The highest BCUT2D eigenvalue weighted by Gasteiger charge is 2.34. The van der Waals surface area contributed by atoms with Crippen molar-refractivity contribution in [2.45, 2.75) is 32.4 Å². The summed E-state index contributed by atoms with van der Waals surface area (Å²) in [4.78, 5) is 32.6. The molecule has 0 saturated carbocycles. The van der Waals surface area contributed by atoms with Crippen molar-refractivity contribution in [1.29, 1.82) is 0 Å². The number of amides is 2. The Balaban J connectivity index is 1.43. The predicted octanol–water partition coefficient (Wildman–Crippen LogP) is 4.39. The molecule has 9 heteroatoms. The molecule has 0 radical (unpaired) electrons. The van der Waals surface area contributed by atoms with Gasteiger partial charge in [0.15, 0.2) is 0 Å². The van der Waals surface area contributed by atoms with Crippen molar-refractivity contribution in [1.82, 2.24) is 25.0 Å². The van der Waals surface area contributed by atoms with Gasteiger partial charge in [0.2, 0.25) is 0 Å². The first kappa shape index (κ1) is 24.7. The summed E-state index contributed by atoms with van der Waals surface area (Å²) in [5.74, 6) is 1.58. The zero-order valence-corrected chi connectivity index (χ0v) is 21.7. The number of rotatable bonds is 2. The minimum atomic E-state index is -0.303. The molecule has 8 bridgehead atoms. The van der Waals surface area contributed by atoms with Crippen LogP contribution < -0.4 is 14.8 Å². The molecule has 7 rings (SSSR count). The highest BCUT2D eigenvalue weighted by molar-refractivity contribution is 5.94. The molecule has 1 N–H and O–H groups in total. The molecule has 0 fully saturated rings.